The quantitative estimate of drug-likeness (QED) is 0.671. The molecule has 6 nitrogen and oxygen atoms in total. The number of sulfone groups is 1. The molecule has 1 aromatic heterocycles. The van der Waals surface area contributed by atoms with Crippen molar-refractivity contribution in [3.63, 3.8) is 0 Å². The van der Waals surface area contributed by atoms with E-state index in [0.29, 0.717) is 29.4 Å². The van der Waals surface area contributed by atoms with E-state index >= 15 is 0 Å². The Kier molecular flexibility index (Phi) is 5.71. The van der Waals surface area contributed by atoms with Crippen molar-refractivity contribution in [2.75, 3.05) is 5.32 Å². The van der Waals surface area contributed by atoms with Gasteiger partial charge in [-0.1, -0.05) is 18.2 Å². The lowest BCUT2D eigenvalue weighted by Crippen LogP contribution is -2.15. The predicted molar refractivity (Wildman–Crippen MR) is 110 cm³/mol. The molecule has 1 N–H and O–H groups in total. The highest BCUT2D eigenvalue weighted by Gasteiger charge is 2.37. The average Bonchev–Trinajstić information content (AvgIpc) is 3.42. The molecule has 1 amide bonds. The third-order valence-corrected chi connectivity index (χ3v) is 8.30. The van der Waals surface area contributed by atoms with Gasteiger partial charge in [0.15, 0.2) is 9.84 Å². The molecule has 0 spiro atoms. The Morgan fingerprint density at radius 1 is 1.17 bits per heavy atom. The van der Waals surface area contributed by atoms with Crippen molar-refractivity contribution in [2.45, 2.75) is 55.1 Å². The highest BCUT2D eigenvalue weighted by Crippen LogP contribution is 2.36. The lowest BCUT2D eigenvalue weighted by atomic mass is 9.98. The highest BCUT2D eigenvalue weighted by atomic mass is 32.2. The van der Waals surface area contributed by atoms with E-state index in [0.717, 1.165) is 11.5 Å². The number of rotatable bonds is 6. The Balaban J connectivity index is 1.63. The number of carbonyl (C=O) groups excluding carboxylic acids is 1. The number of hydrogen-bond donors (Lipinski definition) is 1. The minimum absolute atomic E-state index is 0.00397. The topological polar surface area (TPSA) is 89.0 Å². The van der Waals surface area contributed by atoms with Gasteiger partial charge in [0, 0.05) is 17.1 Å². The number of hydrogen-bond acceptors (Lipinski definition) is 6. The molecule has 0 saturated heterocycles. The number of alkyl halides is 2. The zero-order valence-corrected chi connectivity index (χ0v) is 17.8. The van der Waals surface area contributed by atoms with Crippen LogP contribution in [0.25, 0.3) is 5.57 Å². The van der Waals surface area contributed by atoms with Crippen molar-refractivity contribution < 1.29 is 22.0 Å². The van der Waals surface area contributed by atoms with Crippen LogP contribution in [0.4, 0.5) is 13.9 Å². The maximum atomic E-state index is 13.6. The van der Waals surface area contributed by atoms with Crippen LogP contribution in [0.1, 0.15) is 37.1 Å². The fourth-order valence-electron chi connectivity index (χ4n) is 3.55. The number of aryl methyl sites for hydroxylation is 1. The largest absolute Gasteiger partial charge is 0.297 e. The molecular formula is C20H21F2N3O3S2. The third kappa shape index (κ3) is 4.44. The number of carbonyl (C=O) groups is 1. The Hall–Kier alpha value is -2.20. The molecule has 0 radical (unpaired) electrons. The van der Waals surface area contributed by atoms with Gasteiger partial charge in [0.1, 0.15) is 18.2 Å². The lowest BCUT2D eigenvalue weighted by Gasteiger charge is -2.11. The molecular weight excluding hydrogens is 432 g/mol. The van der Waals surface area contributed by atoms with Gasteiger partial charge in [-0.15, -0.1) is 0 Å². The van der Waals surface area contributed by atoms with Gasteiger partial charge in [-0.05, 0) is 56.2 Å². The molecule has 1 aromatic carbocycles. The summed E-state index contributed by atoms with van der Waals surface area (Å²) in [6, 6.07) is 6.06. The second kappa shape index (κ2) is 8.14. The van der Waals surface area contributed by atoms with E-state index < -0.39 is 34.0 Å². The summed E-state index contributed by atoms with van der Waals surface area (Å²) in [6.07, 6.45) is -0.196. The first-order valence-electron chi connectivity index (χ1n) is 9.70. The van der Waals surface area contributed by atoms with Gasteiger partial charge >= 0.3 is 0 Å². The lowest BCUT2D eigenvalue weighted by molar-refractivity contribution is -0.111. The summed E-state index contributed by atoms with van der Waals surface area (Å²) in [5.41, 5.74) is 0.700. The van der Waals surface area contributed by atoms with E-state index in [1.807, 2.05) is 0 Å². The summed E-state index contributed by atoms with van der Waals surface area (Å²) in [4.78, 5) is 17.2. The Labute approximate surface area is 177 Å². The first-order chi connectivity index (χ1) is 14.2. The van der Waals surface area contributed by atoms with Crippen LogP contribution in [0, 0.1) is 12.8 Å². The molecule has 1 heterocycles. The number of halogens is 2. The number of allylic oxidation sites excluding steroid dienone is 1. The molecule has 2 aliphatic carbocycles. The summed E-state index contributed by atoms with van der Waals surface area (Å²) < 4.78 is 56.1. The Morgan fingerprint density at radius 3 is 2.33 bits per heavy atom. The fourth-order valence-corrected chi connectivity index (χ4v) is 5.78. The summed E-state index contributed by atoms with van der Waals surface area (Å²) in [7, 11) is -3.35. The Bertz CT molecular complexity index is 1070. The Morgan fingerprint density at radius 2 is 1.80 bits per heavy atom. The minimum atomic E-state index is -3.35. The molecule has 1 unspecified atom stereocenters. The fraction of sp³-hybridized carbons (Fsp3) is 0.450. The molecule has 2 fully saturated rings. The normalized spacial score (nSPS) is 24.8. The highest BCUT2D eigenvalue weighted by molar-refractivity contribution is 7.92. The van der Waals surface area contributed by atoms with Crippen LogP contribution in [0.3, 0.4) is 0 Å². The smallest absolute Gasteiger partial charge is 0.257 e. The number of nitrogens with zero attached hydrogens (tertiary/aromatic N) is 2. The van der Waals surface area contributed by atoms with E-state index in [-0.39, 0.29) is 28.6 Å². The third-order valence-electron chi connectivity index (χ3n) is 5.30. The van der Waals surface area contributed by atoms with Crippen LogP contribution in [0.15, 0.2) is 35.2 Å². The van der Waals surface area contributed by atoms with Crippen LogP contribution >= 0.6 is 11.5 Å². The number of aromatic nitrogens is 2. The van der Waals surface area contributed by atoms with Crippen LogP contribution < -0.4 is 5.32 Å². The zero-order valence-electron chi connectivity index (χ0n) is 16.2. The molecule has 2 saturated carbocycles. The van der Waals surface area contributed by atoms with E-state index in [4.69, 9.17) is 0 Å². The van der Waals surface area contributed by atoms with Crippen molar-refractivity contribution in [3.05, 3.63) is 41.7 Å². The van der Waals surface area contributed by atoms with Gasteiger partial charge in [0.05, 0.1) is 10.1 Å². The van der Waals surface area contributed by atoms with Crippen LogP contribution in [-0.4, -0.2) is 41.3 Å². The molecule has 160 valence electrons. The standard InChI is InChI=1S/C20H21F2N3O3S2/c1-11-23-20(29-25-11)24-19(26)16(8-12-9-17(21)18(22)10-12)13-2-4-14(5-3-13)30(27,28)15-6-7-15/h2-5,8,12,15,17-18H,6-7,9-10H2,1H3,(H,23,24,25,26)/b16-8+/t12?,17-,18+. The summed E-state index contributed by atoms with van der Waals surface area (Å²) in [5, 5.41) is 2.65. The second-order valence-corrected chi connectivity index (χ2v) is 10.7. The van der Waals surface area contributed by atoms with Gasteiger partial charge in [-0.2, -0.15) is 4.37 Å². The van der Waals surface area contributed by atoms with E-state index in [1.165, 1.54) is 12.1 Å². The van der Waals surface area contributed by atoms with Gasteiger partial charge in [-0.3, -0.25) is 10.1 Å². The zero-order chi connectivity index (χ0) is 21.5. The van der Waals surface area contributed by atoms with Crippen LogP contribution in [0.5, 0.6) is 0 Å². The van der Waals surface area contributed by atoms with E-state index in [1.54, 1.807) is 25.1 Å². The van der Waals surface area contributed by atoms with Gasteiger partial charge in [0.25, 0.3) is 5.91 Å². The first-order valence-corrected chi connectivity index (χ1v) is 12.0. The molecule has 0 aliphatic heterocycles. The molecule has 4 rings (SSSR count). The summed E-state index contributed by atoms with van der Waals surface area (Å²) >= 11 is 1.03. The van der Waals surface area contributed by atoms with Crippen molar-refractivity contribution in [2.24, 2.45) is 5.92 Å². The second-order valence-electron chi connectivity index (χ2n) is 7.71. The van der Waals surface area contributed by atoms with Crippen molar-refractivity contribution in [1.29, 1.82) is 0 Å². The van der Waals surface area contributed by atoms with Crippen molar-refractivity contribution in [1.82, 2.24) is 9.36 Å². The maximum absolute atomic E-state index is 13.6. The van der Waals surface area contributed by atoms with E-state index in [9.17, 15) is 22.0 Å². The molecule has 10 heteroatoms. The number of anilines is 1. The van der Waals surface area contributed by atoms with Gasteiger partial charge in [-0.25, -0.2) is 22.2 Å². The van der Waals surface area contributed by atoms with Crippen molar-refractivity contribution >= 4 is 38.0 Å². The van der Waals surface area contributed by atoms with Gasteiger partial charge < -0.3 is 0 Å². The average molecular weight is 454 g/mol. The molecule has 3 atom stereocenters. The van der Waals surface area contributed by atoms with Crippen molar-refractivity contribution in [3.8, 4) is 0 Å². The molecule has 2 aromatic rings. The summed E-state index contributed by atoms with van der Waals surface area (Å²) in [5.74, 6) is -0.393. The maximum Gasteiger partial charge on any atom is 0.257 e. The monoisotopic (exact) mass is 453 g/mol. The first kappa shape index (κ1) is 21.0. The predicted octanol–water partition coefficient (Wildman–Crippen LogP) is 3.89. The van der Waals surface area contributed by atoms with E-state index in [2.05, 4.69) is 14.7 Å². The summed E-state index contributed by atoms with van der Waals surface area (Å²) in [6.45, 7) is 1.70. The molecule has 30 heavy (non-hydrogen) atoms. The molecule has 2 aliphatic rings. The van der Waals surface area contributed by atoms with Crippen LogP contribution in [0.2, 0.25) is 0 Å². The number of amides is 1. The number of nitrogens with one attached hydrogen (secondary N) is 1. The van der Waals surface area contributed by atoms with Gasteiger partial charge in [0.2, 0.25) is 5.13 Å². The minimum Gasteiger partial charge on any atom is -0.297 e. The number of benzene rings is 1. The SMILES string of the molecule is Cc1nsc(NC(=O)/C(=C/C2C[C@@H](F)[C@@H](F)C2)c2ccc(S(=O)(=O)C3CC3)cc2)n1. The van der Waals surface area contributed by atoms with Crippen LogP contribution in [-0.2, 0) is 14.6 Å². The molecule has 0 bridgehead atoms.